The molecule has 0 bridgehead atoms. The molecule has 0 aliphatic rings. The van der Waals surface area contributed by atoms with Gasteiger partial charge in [-0.1, -0.05) is 34.5 Å². The van der Waals surface area contributed by atoms with Crippen molar-refractivity contribution in [2.75, 3.05) is 0 Å². The number of aromatic carboxylic acids is 1. The fourth-order valence-electron chi connectivity index (χ4n) is 1.49. The zero-order valence-corrected chi connectivity index (χ0v) is 10.9. The number of hydrogen-bond donors (Lipinski definition) is 1. The van der Waals surface area contributed by atoms with Crippen molar-refractivity contribution in [3.05, 3.63) is 45.7 Å². The highest BCUT2D eigenvalue weighted by Crippen LogP contribution is 2.26. The fraction of sp³-hybridized carbons (Fsp3) is 0.182. The van der Waals surface area contributed by atoms with E-state index in [1.54, 1.807) is 18.2 Å². The predicted octanol–water partition coefficient (Wildman–Crippen LogP) is 2.89. The van der Waals surface area contributed by atoms with E-state index in [9.17, 15) is 4.79 Å². The molecule has 1 unspecified atom stereocenters. The second-order valence-corrected chi connectivity index (χ2v) is 4.55. The summed E-state index contributed by atoms with van der Waals surface area (Å²) in [6.07, 6.45) is 1.37. The van der Waals surface area contributed by atoms with Crippen LogP contribution < -0.4 is 0 Å². The lowest BCUT2D eigenvalue weighted by Crippen LogP contribution is -2.07. The van der Waals surface area contributed by atoms with Crippen molar-refractivity contribution in [2.24, 2.45) is 0 Å². The molecule has 2 aromatic rings. The van der Waals surface area contributed by atoms with Crippen LogP contribution in [0.15, 0.2) is 24.4 Å². The van der Waals surface area contributed by atoms with Crippen molar-refractivity contribution in [3.8, 4) is 0 Å². The van der Waals surface area contributed by atoms with Crippen LogP contribution in [0.4, 0.5) is 0 Å². The summed E-state index contributed by atoms with van der Waals surface area (Å²) in [5.74, 6) is -1.11. The van der Waals surface area contributed by atoms with Crippen LogP contribution in [0.3, 0.4) is 0 Å². The summed E-state index contributed by atoms with van der Waals surface area (Å²) in [6.45, 7) is 1.86. The van der Waals surface area contributed by atoms with Crippen LogP contribution in [0, 0.1) is 0 Å². The van der Waals surface area contributed by atoms with E-state index in [0.29, 0.717) is 10.0 Å². The summed E-state index contributed by atoms with van der Waals surface area (Å²) in [5.41, 5.74) is 0.771. The quantitative estimate of drug-likeness (QED) is 0.942. The van der Waals surface area contributed by atoms with Crippen molar-refractivity contribution in [2.45, 2.75) is 13.0 Å². The second-order valence-electron chi connectivity index (χ2n) is 3.74. The number of halogens is 2. The van der Waals surface area contributed by atoms with Gasteiger partial charge in [-0.3, -0.25) is 0 Å². The van der Waals surface area contributed by atoms with E-state index in [4.69, 9.17) is 28.3 Å². The van der Waals surface area contributed by atoms with Crippen LogP contribution in [0.2, 0.25) is 10.0 Å². The molecule has 0 saturated carbocycles. The largest absolute Gasteiger partial charge is 0.476 e. The van der Waals surface area contributed by atoms with Gasteiger partial charge in [-0.05, 0) is 24.6 Å². The summed E-state index contributed by atoms with van der Waals surface area (Å²) in [7, 11) is 0. The maximum absolute atomic E-state index is 10.7. The molecule has 0 aliphatic heterocycles. The monoisotopic (exact) mass is 285 g/mol. The first kappa shape index (κ1) is 12.9. The zero-order valence-electron chi connectivity index (χ0n) is 9.34. The molecule has 1 aromatic heterocycles. The van der Waals surface area contributed by atoms with E-state index in [1.165, 1.54) is 10.9 Å². The van der Waals surface area contributed by atoms with Crippen LogP contribution in [0.5, 0.6) is 0 Å². The number of benzene rings is 1. The second kappa shape index (κ2) is 4.96. The number of nitrogens with zero attached hydrogens (tertiary/aromatic N) is 3. The van der Waals surface area contributed by atoms with E-state index in [-0.39, 0.29) is 11.7 Å². The molecule has 1 N–H and O–H groups in total. The Morgan fingerprint density at radius 3 is 2.67 bits per heavy atom. The smallest absolute Gasteiger partial charge is 0.358 e. The molecule has 0 aliphatic carbocycles. The molecule has 1 atom stereocenters. The lowest BCUT2D eigenvalue weighted by molar-refractivity contribution is 0.0690. The number of carboxylic acid groups (broad SMARTS) is 1. The van der Waals surface area contributed by atoms with Crippen LogP contribution in [-0.4, -0.2) is 26.1 Å². The normalized spacial score (nSPS) is 12.4. The highest BCUT2D eigenvalue weighted by atomic mass is 35.5. The first-order chi connectivity index (χ1) is 8.49. The standard InChI is InChI=1S/C11H9Cl2N3O2/c1-6(7-2-3-8(12)9(13)4-7)16-5-10(11(17)18)14-15-16/h2-6H,1H3,(H,17,18). The fourth-order valence-corrected chi connectivity index (χ4v) is 1.80. The molecule has 1 aromatic carbocycles. The van der Waals surface area contributed by atoms with Crippen LogP contribution >= 0.6 is 23.2 Å². The van der Waals surface area contributed by atoms with Gasteiger partial charge < -0.3 is 5.11 Å². The van der Waals surface area contributed by atoms with Crippen molar-refractivity contribution < 1.29 is 9.90 Å². The summed E-state index contributed by atoms with van der Waals surface area (Å²) in [6, 6.07) is 5.03. The highest BCUT2D eigenvalue weighted by molar-refractivity contribution is 6.42. The van der Waals surface area contributed by atoms with E-state index < -0.39 is 5.97 Å². The summed E-state index contributed by atoms with van der Waals surface area (Å²) in [5, 5.41) is 17.0. The average Bonchev–Trinajstić information content (AvgIpc) is 2.81. The molecule has 0 amide bonds. The molecule has 0 saturated heterocycles. The van der Waals surface area contributed by atoms with Gasteiger partial charge in [-0.25, -0.2) is 9.48 Å². The molecule has 94 valence electrons. The van der Waals surface area contributed by atoms with Crippen molar-refractivity contribution >= 4 is 29.2 Å². The van der Waals surface area contributed by atoms with E-state index in [0.717, 1.165) is 5.56 Å². The van der Waals surface area contributed by atoms with Crippen molar-refractivity contribution in [3.63, 3.8) is 0 Å². The summed E-state index contributed by atoms with van der Waals surface area (Å²) >= 11 is 11.8. The Morgan fingerprint density at radius 2 is 2.11 bits per heavy atom. The van der Waals surface area contributed by atoms with Crippen LogP contribution in [0.1, 0.15) is 29.0 Å². The molecule has 18 heavy (non-hydrogen) atoms. The molecule has 1 heterocycles. The van der Waals surface area contributed by atoms with Gasteiger partial charge in [0.25, 0.3) is 0 Å². The highest BCUT2D eigenvalue weighted by Gasteiger charge is 2.14. The zero-order chi connectivity index (χ0) is 13.3. The topological polar surface area (TPSA) is 68.0 Å². The van der Waals surface area contributed by atoms with Crippen molar-refractivity contribution in [1.29, 1.82) is 0 Å². The van der Waals surface area contributed by atoms with Crippen LogP contribution in [0.25, 0.3) is 0 Å². The van der Waals surface area contributed by atoms with Gasteiger partial charge in [0.1, 0.15) is 0 Å². The Morgan fingerprint density at radius 1 is 1.39 bits per heavy atom. The molecule has 0 radical (unpaired) electrons. The van der Waals surface area contributed by atoms with Gasteiger partial charge in [0.2, 0.25) is 0 Å². The van der Waals surface area contributed by atoms with E-state index in [2.05, 4.69) is 10.3 Å². The molecule has 5 nitrogen and oxygen atoms in total. The number of carboxylic acids is 1. The van der Waals surface area contributed by atoms with Gasteiger partial charge in [0, 0.05) is 0 Å². The third kappa shape index (κ3) is 2.47. The Bertz CT molecular complexity index is 598. The minimum atomic E-state index is -1.11. The molecule has 2 rings (SSSR count). The first-order valence-corrected chi connectivity index (χ1v) is 5.84. The van der Waals surface area contributed by atoms with E-state index >= 15 is 0 Å². The average molecular weight is 286 g/mol. The third-order valence-electron chi connectivity index (χ3n) is 2.55. The lowest BCUT2D eigenvalue weighted by Gasteiger charge is -2.12. The number of carbonyl (C=O) groups is 1. The SMILES string of the molecule is CC(c1ccc(Cl)c(Cl)c1)n1cc(C(=O)O)nn1. The van der Waals surface area contributed by atoms with Gasteiger partial charge in [0.15, 0.2) is 5.69 Å². The van der Waals surface area contributed by atoms with Gasteiger partial charge >= 0.3 is 5.97 Å². The first-order valence-electron chi connectivity index (χ1n) is 5.09. The van der Waals surface area contributed by atoms with Crippen LogP contribution in [-0.2, 0) is 0 Å². The van der Waals surface area contributed by atoms with Gasteiger partial charge in [-0.15, -0.1) is 5.10 Å². The molecule has 0 fully saturated rings. The predicted molar refractivity (Wildman–Crippen MR) is 67.3 cm³/mol. The Kier molecular flexibility index (Phi) is 3.54. The minimum absolute atomic E-state index is 0.0955. The molecular weight excluding hydrogens is 277 g/mol. The lowest BCUT2D eigenvalue weighted by atomic mass is 10.1. The maximum Gasteiger partial charge on any atom is 0.358 e. The summed E-state index contributed by atoms with van der Waals surface area (Å²) in [4.78, 5) is 10.7. The number of aromatic nitrogens is 3. The Balaban J connectivity index is 2.31. The minimum Gasteiger partial charge on any atom is -0.476 e. The molecular formula is C11H9Cl2N3O2. The van der Waals surface area contributed by atoms with Crippen molar-refractivity contribution in [1.82, 2.24) is 15.0 Å². The third-order valence-corrected chi connectivity index (χ3v) is 3.29. The maximum atomic E-state index is 10.7. The number of hydrogen-bond acceptors (Lipinski definition) is 3. The Labute approximate surface area is 113 Å². The van der Waals surface area contributed by atoms with Gasteiger partial charge in [-0.2, -0.15) is 0 Å². The van der Waals surface area contributed by atoms with E-state index in [1.807, 2.05) is 6.92 Å². The molecule has 0 spiro atoms. The Hall–Kier alpha value is -1.59. The summed E-state index contributed by atoms with van der Waals surface area (Å²) < 4.78 is 1.46. The number of rotatable bonds is 3. The molecule has 7 heteroatoms. The van der Waals surface area contributed by atoms with Gasteiger partial charge in [0.05, 0.1) is 22.3 Å².